The van der Waals surface area contributed by atoms with E-state index in [-0.39, 0.29) is 5.56 Å². The van der Waals surface area contributed by atoms with Crippen LogP contribution in [-0.4, -0.2) is 24.3 Å². The van der Waals surface area contributed by atoms with Gasteiger partial charge in [0.05, 0.1) is 5.56 Å². The number of hydrogen-bond donors (Lipinski definition) is 1. The number of alkyl halides is 3. The second-order valence-electron chi connectivity index (χ2n) is 5.33. The predicted molar refractivity (Wildman–Crippen MR) is 89.7 cm³/mol. The molecule has 0 atom stereocenters. The van der Waals surface area contributed by atoms with Crippen LogP contribution in [0.5, 0.6) is 11.5 Å². The fourth-order valence-electron chi connectivity index (χ4n) is 2.37. The lowest BCUT2D eigenvalue weighted by molar-refractivity contribution is -0.138. The van der Waals surface area contributed by atoms with Crippen molar-refractivity contribution in [3.8, 4) is 11.5 Å². The standard InChI is InChI=1S/C18H13F3O4S/c19-18(20,21)14-9-12(3-1-11(14)2-6-17(22)23)26-13-4-5-15-16(10-13)25-8-7-24-15/h1-6,9-10H,7-8H2,(H,22,23)/b6-2+. The molecule has 0 saturated heterocycles. The number of halogens is 3. The number of carbonyl (C=O) groups is 1. The molecule has 8 heteroatoms. The van der Waals surface area contributed by atoms with Crippen LogP contribution in [0.25, 0.3) is 6.08 Å². The van der Waals surface area contributed by atoms with E-state index in [1.807, 2.05) is 0 Å². The fraction of sp³-hybridized carbons (Fsp3) is 0.167. The number of hydrogen-bond acceptors (Lipinski definition) is 4. The van der Waals surface area contributed by atoms with E-state index >= 15 is 0 Å². The third-order valence-corrected chi connectivity index (χ3v) is 4.46. The molecule has 1 aliphatic heterocycles. The fourth-order valence-corrected chi connectivity index (χ4v) is 3.26. The maximum atomic E-state index is 13.3. The summed E-state index contributed by atoms with van der Waals surface area (Å²) in [6.45, 7) is 0.879. The highest BCUT2D eigenvalue weighted by atomic mass is 32.2. The first-order valence-electron chi connectivity index (χ1n) is 7.53. The topological polar surface area (TPSA) is 55.8 Å². The van der Waals surface area contributed by atoms with Crippen molar-refractivity contribution in [1.82, 2.24) is 0 Å². The molecule has 26 heavy (non-hydrogen) atoms. The van der Waals surface area contributed by atoms with Gasteiger partial charge in [-0.1, -0.05) is 17.8 Å². The summed E-state index contributed by atoms with van der Waals surface area (Å²) in [6, 6.07) is 8.93. The average Bonchev–Trinajstić information content (AvgIpc) is 2.59. The van der Waals surface area contributed by atoms with Crippen molar-refractivity contribution >= 4 is 23.8 Å². The van der Waals surface area contributed by atoms with Gasteiger partial charge >= 0.3 is 12.1 Å². The first kappa shape index (κ1) is 18.2. The number of rotatable bonds is 4. The molecule has 0 aromatic heterocycles. The maximum Gasteiger partial charge on any atom is 0.417 e. The van der Waals surface area contributed by atoms with E-state index in [9.17, 15) is 18.0 Å². The second-order valence-corrected chi connectivity index (χ2v) is 6.47. The quantitative estimate of drug-likeness (QED) is 0.775. The zero-order valence-corrected chi connectivity index (χ0v) is 14.1. The van der Waals surface area contributed by atoms with Crippen molar-refractivity contribution in [3.63, 3.8) is 0 Å². The van der Waals surface area contributed by atoms with Gasteiger partial charge < -0.3 is 14.6 Å². The number of aliphatic carboxylic acids is 1. The molecular weight excluding hydrogens is 369 g/mol. The van der Waals surface area contributed by atoms with Gasteiger partial charge in [-0.3, -0.25) is 0 Å². The monoisotopic (exact) mass is 382 g/mol. The third-order valence-electron chi connectivity index (χ3n) is 3.48. The van der Waals surface area contributed by atoms with E-state index in [0.717, 1.165) is 23.9 Å². The molecule has 0 unspecified atom stereocenters. The summed E-state index contributed by atoms with van der Waals surface area (Å²) < 4.78 is 50.8. The molecule has 2 aromatic rings. The van der Waals surface area contributed by atoms with Crippen molar-refractivity contribution < 1.29 is 32.5 Å². The summed E-state index contributed by atoms with van der Waals surface area (Å²) in [7, 11) is 0. The Morgan fingerprint density at radius 1 is 1.04 bits per heavy atom. The van der Waals surface area contributed by atoms with Gasteiger partial charge in [0, 0.05) is 15.9 Å². The van der Waals surface area contributed by atoms with Crippen LogP contribution in [0.3, 0.4) is 0 Å². The number of fused-ring (bicyclic) bond motifs is 1. The van der Waals surface area contributed by atoms with Gasteiger partial charge in [-0.2, -0.15) is 13.2 Å². The van der Waals surface area contributed by atoms with Gasteiger partial charge in [0.1, 0.15) is 13.2 Å². The Kier molecular flexibility index (Phi) is 5.13. The van der Waals surface area contributed by atoms with Crippen molar-refractivity contribution in [2.75, 3.05) is 13.2 Å². The minimum atomic E-state index is -4.60. The molecule has 4 nitrogen and oxygen atoms in total. The summed E-state index contributed by atoms with van der Waals surface area (Å²) in [5.74, 6) is -0.156. The van der Waals surface area contributed by atoms with Crippen molar-refractivity contribution in [2.45, 2.75) is 16.0 Å². The molecule has 0 spiro atoms. The van der Waals surface area contributed by atoms with E-state index in [1.54, 1.807) is 18.2 Å². The number of benzene rings is 2. The lowest BCUT2D eigenvalue weighted by Gasteiger charge is -2.19. The molecule has 0 aliphatic carbocycles. The molecule has 0 radical (unpaired) electrons. The van der Waals surface area contributed by atoms with Gasteiger partial charge in [0.15, 0.2) is 11.5 Å². The highest BCUT2D eigenvalue weighted by molar-refractivity contribution is 7.99. The van der Waals surface area contributed by atoms with Gasteiger partial charge in [-0.15, -0.1) is 0 Å². The van der Waals surface area contributed by atoms with Gasteiger partial charge in [0.2, 0.25) is 0 Å². The van der Waals surface area contributed by atoms with Crippen LogP contribution in [0.1, 0.15) is 11.1 Å². The molecule has 136 valence electrons. The molecule has 0 fully saturated rings. The smallest absolute Gasteiger partial charge is 0.417 e. The zero-order valence-electron chi connectivity index (χ0n) is 13.2. The minimum Gasteiger partial charge on any atom is -0.486 e. The van der Waals surface area contributed by atoms with E-state index in [2.05, 4.69) is 0 Å². The second kappa shape index (κ2) is 7.33. The maximum absolute atomic E-state index is 13.3. The molecule has 0 bridgehead atoms. The number of carboxylic acids is 1. The Labute approximate surface area is 151 Å². The zero-order chi connectivity index (χ0) is 18.7. The SMILES string of the molecule is O=C(O)/C=C/c1ccc(Sc2ccc3c(c2)OCCO3)cc1C(F)(F)F. The number of ether oxygens (including phenoxy) is 2. The van der Waals surface area contributed by atoms with Crippen molar-refractivity contribution in [3.05, 3.63) is 53.6 Å². The Morgan fingerprint density at radius 2 is 1.69 bits per heavy atom. The van der Waals surface area contributed by atoms with E-state index in [1.165, 1.54) is 12.1 Å². The summed E-state index contributed by atoms with van der Waals surface area (Å²) in [6.07, 6.45) is -2.98. The number of carboxylic acid groups (broad SMARTS) is 1. The minimum absolute atomic E-state index is 0.202. The molecule has 1 aliphatic rings. The molecule has 0 amide bonds. The first-order chi connectivity index (χ1) is 12.3. The lowest BCUT2D eigenvalue weighted by Crippen LogP contribution is -2.15. The summed E-state index contributed by atoms with van der Waals surface area (Å²) in [4.78, 5) is 11.6. The average molecular weight is 382 g/mol. The predicted octanol–water partition coefficient (Wildman–Crippen LogP) is 4.73. The van der Waals surface area contributed by atoms with Gasteiger partial charge in [-0.25, -0.2) is 4.79 Å². The molecule has 2 aromatic carbocycles. The molecule has 3 rings (SSSR count). The van der Waals surface area contributed by atoms with E-state index in [4.69, 9.17) is 14.6 Å². The molecular formula is C18H13F3O4S. The lowest BCUT2D eigenvalue weighted by atomic mass is 10.1. The van der Waals surface area contributed by atoms with Crippen LogP contribution in [0.4, 0.5) is 13.2 Å². The molecule has 1 heterocycles. The highest BCUT2D eigenvalue weighted by Crippen LogP contribution is 2.40. The van der Waals surface area contributed by atoms with Crippen LogP contribution >= 0.6 is 11.8 Å². The van der Waals surface area contributed by atoms with Crippen LogP contribution < -0.4 is 9.47 Å². The molecule has 0 saturated carbocycles. The van der Waals surface area contributed by atoms with Crippen LogP contribution in [0.15, 0.2) is 52.3 Å². The largest absolute Gasteiger partial charge is 0.486 e. The Bertz CT molecular complexity index is 862. The van der Waals surface area contributed by atoms with Crippen LogP contribution in [0.2, 0.25) is 0 Å². The van der Waals surface area contributed by atoms with Gasteiger partial charge in [0.25, 0.3) is 0 Å². The summed E-state index contributed by atoms with van der Waals surface area (Å²) >= 11 is 1.15. The first-order valence-corrected chi connectivity index (χ1v) is 8.34. The van der Waals surface area contributed by atoms with Crippen LogP contribution in [0, 0.1) is 0 Å². The van der Waals surface area contributed by atoms with Crippen LogP contribution in [-0.2, 0) is 11.0 Å². The summed E-state index contributed by atoms with van der Waals surface area (Å²) in [5, 5.41) is 8.62. The van der Waals surface area contributed by atoms with E-state index < -0.39 is 17.7 Å². The van der Waals surface area contributed by atoms with E-state index in [0.29, 0.717) is 40.6 Å². The Balaban J connectivity index is 1.90. The highest BCUT2D eigenvalue weighted by Gasteiger charge is 2.33. The van der Waals surface area contributed by atoms with Gasteiger partial charge in [-0.05, 0) is 42.0 Å². The normalized spacial score (nSPS) is 13.8. The Hall–Kier alpha value is -2.61. The van der Waals surface area contributed by atoms with Crippen molar-refractivity contribution in [1.29, 1.82) is 0 Å². The molecule has 1 N–H and O–H groups in total. The third kappa shape index (κ3) is 4.32. The Morgan fingerprint density at radius 3 is 2.38 bits per heavy atom. The van der Waals surface area contributed by atoms with Crippen molar-refractivity contribution in [2.24, 2.45) is 0 Å². The summed E-state index contributed by atoms with van der Waals surface area (Å²) in [5.41, 5.74) is -1.09.